The topological polar surface area (TPSA) is 53.1 Å². The molecule has 0 aromatic carbocycles. The Labute approximate surface area is 136 Å². The summed E-state index contributed by atoms with van der Waals surface area (Å²) in [6, 6.07) is 2.14. The Morgan fingerprint density at radius 3 is 2.86 bits per heavy atom. The second-order valence-corrected chi connectivity index (χ2v) is 9.07. The van der Waals surface area contributed by atoms with Crippen molar-refractivity contribution in [3.05, 3.63) is 22.4 Å². The van der Waals surface area contributed by atoms with Gasteiger partial charge in [-0.2, -0.15) is 28.4 Å². The standard InChI is InChI=1S/C14H23N3O3S2/c1-15(2)22(18,19)17-9-13-8-16(4-5-20-14(13)10-17)7-12-3-6-21-11-12/h3,6,11,13-14H,4-5,7-10H2,1-2H3/t13-,14+/m0/s1. The average Bonchev–Trinajstić information content (AvgIpc) is 3.06. The molecule has 0 bridgehead atoms. The van der Waals surface area contributed by atoms with Crippen LogP contribution in [0.15, 0.2) is 16.8 Å². The summed E-state index contributed by atoms with van der Waals surface area (Å²) in [6.45, 7) is 4.39. The van der Waals surface area contributed by atoms with Crippen LogP contribution in [-0.4, -0.2) is 74.9 Å². The minimum Gasteiger partial charge on any atom is -0.375 e. The van der Waals surface area contributed by atoms with Crippen LogP contribution in [-0.2, 0) is 21.5 Å². The SMILES string of the molecule is CN(C)S(=O)(=O)N1C[C@@H]2CN(Cc3ccsc3)CCO[C@@H]2C1. The lowest BCUT2D eigenvalue weighted by molar-refractivity contribution is 0.0545. The van der Waals surface area contributed by atoms with Crippen LogP contribution < -0.4 is 0 Å². The van der Waals surface area contributed by atoms with E-state index in [4.69, 9.17) is 4.74 Å². The normalized spacial score (nSPS) is 28.0. The zero-order valence-electron chi connectivity index (χ0n) is 13.0. The minimum atomic E-state index is -3.34. The molecule has 0 aliphatic carbocycles. The van der Waals surface area contributed by atoms with Crippen molar-refractivity contribution in [2.45, 2.75) is 12.6 Å². The smallest absolute Gasteiger partial charge is 0.281 e. The van der Waals surface area contributed by atoms with Gasteiger partial charge in [-0.25, -0.2) is 0 Å². The van der Waals surface area contributed by atoms with Crippen LogP contribution in [0.2, 0.25) is 0 Å². The van der Waals surface area contributed by atoms with Crippen molar-refractivity contribution in [2.24, 2.45) is 5.92 Å². The number of fused-ring (bicyclic) bond motifs is 1. The third-order valence-corrected chi connectivity index (χ3v) is 6.96. The van der Waals surface area contributed by atoms with E-state index in [1.165, 1.54) is 9.87 Å². The maximum absolute atomic E-state index is 12.3. The lowest BCUT2D eigenvalue weighted by Gasteiger charge is -2.24. The lowest BCUT2D eigenvalue weighted by Crippen LogP contribution is -2.40. The molecule has 8 heteroatoms. The van der Waals surface area contributed by atoms with Crippen molar-refractivity contribution < 1.29 is 13.2 Å². The Bertz CT molecular complexity index is 588. The molecule has 0 radical (unpaired) electrons. The van der Waals surface area contributed by atoms with Crippen molar-refractivity contribution in [2.75, 3.05) is 46.9 Å². The highest BCUT2D eigenvalue weighted by Gasteiger charge is 2.41. The van der Waals surface area contributed by atoms with Gasteiger partial charge in [0, 0.05) is 52.7 Å². The monoisotopic (exact) mass is 345 g/mol. The van der Waals surface area contributed by atoms with E-state index in [2.05, 4.69) is 21.7 Å². The maximum Gasteiger partial charge on any atom is 0.281 e. The molecular weight excluding hydrogens is 322 g/mol. The highest BCUT2D eigenvalue weighted by molar-refractivity contribution is 7.86. The number of nitrogens with zero attached hydrogens (tertiary/aromatic N) is 3. The van der Waals surface area contributed by atoms with Gasteiger partial charge >= 0.3 is 0 Å². The van der Waals surface area contributed by atoms with Crippen LogP contribution in [0.1, 0.15) is 5.56 Å². The quantitative estimate of drug-likeness (QED) is 0.806. The molecule has 2 atom stereocenters. The molecule has 2 aliphatic heterocycles. The summed E-state index contributed by atoms with van der Waals surface area (Å²) in [7, 11) is -0.191. The Morgan fingerprint density at radius 2 is 2.18 bits per heavy atom. The first kappa shape index (κ1) is 16.4. The Hall–Kier alpha value is -0.510. The van der Waals surface area contributed by atoms with E-state index < -0.39 is 10.2 Å². The van der Waals surface area contributed by atoms with Crippen LogP contribution in [0.25, 0.3) is 0 Å². The third-order valence-electron chi connectivity index (χ3n) is 4.35. The van der Waals surface area contributed by atoms with Gasteiger partial charge in [-0.3, -0.25) is 4.90 Å². The Kier molecular flexibility index (Phi) is 4.86. The number of rotatable bonds is 4. The summed E-state index contributed by atoms with van der Waals surface area (Å²) in [6.07, 6.45) is 0.0159. The van der Waals surface area contributed by atoms with Gasteiger partial charge in [0.15, 0.2) is 0 Å². The van der Waals surface area contributed by atoms with E-state index in [0.29, 0.717) is 19.7 Å². The van der Waals surface area contributed by atoms with Gasteiger partial charge in [-0.15, -0.1) is 0 Å². The van der Waals surface area contributed by atoms with Gasteiger partial charge in [0.05, 0.1) is 12.7 Å². The van der Waals surface area contributed by atoms with Crippen LogP contribution in [0.5, 0.6) is 0 Å². The van der Waals surface area contributed by atoms with E-state index in [1.807, 2.05) is 0 Å². The molecule has 2 fully saturated rings. The lowest BCUT2D eigenvalue weighted by atomic mass is 10.1. The zero-order chi connectivity index (χ0) is 15.7. The minimum absolute atomic E-state index is 0.0159. The fraction of sp³-hybridized carbons (Fsp3) is 0.714. The third kappa shape index (κ3) is 3.37. The largest absolute Gasteiger partial charge is 0.375 e. The fourth-order valence-corrected chi connectivity index (χ4v) is 4.96. The molecule has 6 nitrogen and oxygen atoms in total. The molecule has 3 heterocycles. The number of hydrogen-bond donors (Lipinski definition) is 0. The van der Waals surface area contributed by atoms with E-state index >= 15 is 0 Å². The molecule has 3 rings (SSSR count). The summed E-state index contributed by atoms with van der Waals surface area (Å²) in [4.78, 5) is 2.37. The summed E-state index contributed by atoms with van der Waals surface area (Å²) in [5, 5.41) is 4.26. The predicted octanol–water partition coefficient (Wildman–Crippen LogP) is 0.687. The molecule has 1 aromatic heterocycles. The Morgan fingerprint density at radius 1 is 1.36 bits per heavy atom. The van der Waals surface area contributed by atoms with Crippen molar-refractivity contribution in [1.82, 2.24) is 13.5 Å². The van der Waals surface area contributed by atoms with E-state index in [1.54, 1.807) is 29.7 Å². The summed E-state index contributed by atoms with van der Waals surface area (Å²) in [5.41, 5.74) is 1.32. The summed E-state index contributed by atoms with van der Waals surface area (Å²) in [5.74, 6) is 0.246. The van der Waals surface area contributed by atoms with Gasteiger partial charge in [-0.05, 0) is 22.4 Å². The van der Waals surface area contributed by atoms with Crippen molar-refractivity contribution >= 4 is 21.5 Å². The van der Waals surface area contributed by atoms with Crippen molar-refractivity contribution in [1.29, 1.82) is 0 Å². The highest BCUT2D eigenvalue weighted by Crippen LogP contribution is 2.27. The van der Waals surface area contributed by atoms with E-state index in [9.17, 15) is 8.42 Å². The summed E-state index contributed by atoms with van der Waals surface area (Å²) < 4.78 is 33.3. The van der Waals surface area contributed by atoms with Gasteiger partial charge in [0.2, 0.25) is 0 Å². The average molecular weight is 345 g/mol. The summed E-state index contributed by atoms with van der Waals surface area (Å²) >= 11 is 1.71. The molecule has 2 saturated heterocycles. The highest BCUT2D eigenvalue weighted by atomic mass is 32.2. The molecule has 0 unspecified atom stereocenters. The molecule has 22 heavy (non-hydrogen) atoms. The molecule has 0 amide bonds. The first-order valence-corrected chi connectivity index (χ1v) is 9.83. The molecule has 0 N–H and O–H groups in total. The van der Waals surface area contributed by atoms with Gasteiger partial charge < -0.3 is 4.74 Å². The molecule has 0 spiro atoms. The molecule has 2 aliphatic rings. The van der Waals surface area contributed by atoms with Gasteiger partial charge in [-0.1, -0.05) is 0 Å². The molecular formula is C14H23N3O3S2. The number of ether oxygens (including phenoxy) is 1. The fourth-order valence-electron chi connectivity index (χ4n) is 3.13. The first-order chi connectivity index (χ1) is 10.5. The van der Waals surface area contributed by atoms with Gasteiger partial charge in [0.1, 0.15) is 0 Å². The van der Waals surface area contributed by atoms with Crippen LogP contribution in [0.4, 0.5) is 0 Å². The van der Waals surface area contributed by atoms with Gasteiger partial charge in [0.25, 0.3) is 10.2 Å². The maximum atomic E-state index is 12.3. The van der Waals surface area contributed by atoms with E-state index in [0.717, 1.165) is 19.6 Å². The first-order valence-electron chi connectivity index (χ1n) is 7.49. The van der Waals surface area contributed by atoms with Crippen molar-refractivity contribution in [3.8, 4) is 0 Å². The molecule has 1 aromatic rings. The Balaban J connectivity index is 1.66. The van der Waals surface area contributed by atoms with E-state index in [-0.39, 0.29) is 12.0 Å². The number of thiophene rings is 1. The predicted molar refractivity (Wildman–Crippen MR) is 87.0 cm³/mol. The molecule has 0 saturated carbocycles. The molecule has 124 valence electrons. The zero-order valence-corrected chi connectivity index (χ0v) is 14.6. The second kappa shape index (κ2) is 6.54. The van der Waals surface area contributed by atoms with Crippen LogP contribution in [0.3, 0.4) is 0 Å². The van der Waals surface area contributed by atoms with Crippen LogP contribution >= 0.6 is 11.3 Å². The second-order valence-electron chi connectivity index (χ2n) is 6.14. The van der Waals surface area contributed by atoms with Crippen LogP contribution in [0, 0.1) is 5.92 Å². The van der Waals surface area contributed by atoms with Crippen molar-refractivity contribution in [3.63, 3.8) is 0 Å². The number of hydrogen-bond acceptors (Lipinski definition) is 5.